The van der Waals surface area contributed by atoms with Crippen LogP contribution in [-0.2, 0) is 7.05 Å². The van der Waals surface area contributed by atoms with Crippen LogP contribution in [0.2, 0.25) is 0 Å². The second kappa shape index (κ2) is 3.47. The third-order valence-electron chi connectivity index (χ3n) is 2.60. The molecule has 13 heavy (non-hydrogen) atoms. The van der Waals surface area contributed by atoms with E-state index in [1.807, 2.05) is 17.8 Å². The van der Waals surface area contributed by atoms with E-state index in [-0.39, 0.29) is 12.1 Å². The van der Waals surface area contributed by atoms with Crippen molar-refractivity contribution in [1.82, 2.24) is 14.9 Å². The lowest BCUT2D eigenvalue weighted by Gasteiger charge is -2.28. The lowest BCUT2D eigenvalue weighted by Crippen LogP contribution is -2.38. The van der Waals surface area contributed by atoms with Gasteiger partial charge in [0.2, 0.25) is 0 Å². The molecule has 1 aromatic heterocycles. The van der Waals surface area contributed by atoms with Crippen LogP contribution in [-0.4, -0.2) is 27.3 Å². The zero-order valence-corrected chi connectivity index (χ0v) is 7.77. The highest BCUT2D eigenvalue weighted by Crippen LogP contribution is 2.22. The Morgan fingerprint density at radius 2 is 2.54 bits per heavy atom. The van der Waals surface area contributed by atoms with Gasteiger partial charge in [-0.15, -0.1) is 0 Å². The van der Waals surface area contributed by atoms with E-state index in [0.717, 1.165) is 25.1 Å². The SMILES string of the molecule is Cn1cncc1C1NCCCC1O. The van der Waals surface area contributed by atoms with Crippen molar-refractivity contribution in [2.24, 2.45) is 7.05 Å². The summed E-state index contributed by atoms with van der Waals surface area (Å²) in [5.74, 6) is 0. The molecule has 0 aliphatic carbocycles. The van der Waals surface area contributed by atoms with Crippen molar-refractivity contribution in [2.75, 3.05) is 6.54 Å². The highest BCUT2D eigenvalue weighted by Gasteiger charge is 2.25. The van der Waals surface area contributed by atoms with Crippen LogP contribution >= 0.6 is 0 Å². The molecule has 2 unspecified atom stereocenters. The van der Waals surface area contributed by atoms with Gasteiger partial charge >= 0.3 is 0 Å². The monoisotopic (exact) mass is 181 g/mol. The van der Waals surface area contributed by atoms with Crippen LogP contribution in [0.15, 0.2) is 12.5 Å². The zero-order chi connectivity index (χ0) is 9.26. The van der Waals surface area contributed by atoms with Crippen LogP contribution in [0.25, 0.3) is 0 Å². The lowest BCUT2D eigenvalue weighted by atomic mass is 9.99. The van der Waals surface area contributed by atoms with Gasteiger partial charge in [0.05, 0.1) is 24.2 Å². The summed E-state index contributed by atoms with van der Waals surface area (Å²) < 4.78 is 1.95. The maximum atomic E-state index is 9.76. The predicted octanol–water partition coefficient (Wildman–Crippen LogP) is 0.205. The molecular formula is C9H15N3O. The van der Waals surface area contributed by atoms with Gasteiger partial charge in [-0.2, -0.15) is 0 Å². The summed E-state index contributed by atoms with van der Waals surface area (Å²) in [6.45, 7) is 0.979. The summed E-state index contributed by atoms with van der Waals surface area (Å²) in [6.07, 6.45) is 5.23. The molecule has 1 aromatic rings. The Kier molecular flexibility index (Phi) is 2.33. The van der Waals surface area contributed by atoms with Crippen molar-refractivity contribution in [3.05, 3.63) is 18.2 Å². The second-order valence-corrected chi connectivity index (χ2v) is 3.57. The normalized spacial score (nSPS) is 29.1. The molecule has 2 atom stereocenters. The van der Waals surface area contributed by atoms with E-state index in [1.165, 1.54) is 0 Å². The highest BCUT2D eigenvalue weighted by atomic mass is 16.3. The first kappa shape index (κ1) is 8.72. The summed E-state index contributed by atoms with van der Waals surface area (Å²) in [6, 6.07) is 0.0567. The largest absolute Gasteiger partial charge is 0.391 e. The van der Waals surface area contributed by atoms with Gasteiger partial charge in [0.15, 0.2) is 0 Å². The van der Waals surface area contributed by atoms with Gasteiger partial charge in [-0.25, -0.2) is 4.98 Å². The molecule has 0 bridgehead atoms. The average molecular weight is 181 g/mol. The topological polar surface area (TPSA) is 50.1 Å². The molecule has 0 saturated carbocycles. The molecule has 0 amide bonds. The first-order valence-electron chi connectivity index (χ1n) is 4.66. The van der Waals surface area contributed by atoms with Crippen LogP contribution < -0.4 is 5.32 Å². The number of piperidine rings is 1. The molecule has 72 valence electrons. The first-order valence-corrected chi connectivity index (χ1v) is 4.66. The Hall–Kier alpha value is -0.870. The summed E-state index contributed by atoms with van der Waals surface area (Å²) in [7, 11) is 1.95. The number of hydrogen-bond acceptors (Lipinski definition) is 3. The molecule has 2 heterocycles. The van der Waals surface area contributed by atoms with Crippen LogP contribution in [0, 0.1) is 0 Å². The van der Waals surface area contributed by atoms with Crippen molar-refractivity contribution in [3.8, 4) is 0 Å². The summed E-state index contributed by atoms with van der Waals surface area (Å²) in [4.78, 5) is 4.04. The predicted molar refractivity (Wildman–Crippen MR) is 49.2 cm³/mol. The maximum absolute atomic E-state index is 9.76. The standard InChI is InChI=1S/C9H15N3O/c1-12-6-10-5-7(12)9-8(13)3-2-4-11-9/h5-6,8-9,11,13H,2-4H2,1H3. The maximum Gasteiger partial charge on any atom is 0.0946 e. The van der Waals surface area contributed by atoms with Crippen molar-refractivity contribution >= 4 is 0 Å². The summed E-state index contributed by atoms with van der Waals surface area (Å²) in [5, 5.41) is 13.1. The van der Waals surface area contributed by atoms with Crippen molar-refractivity contribution < 1.29 is 5.11 Å². The van der Waals surface area contributed by atoms with Gasteiger partial charge in [-0.05, 0) is 19.4 Å². The second-order valence-electron chi connectivity index (χ2n) is 3.57. The molecule has 1 fully saturated rings. The molecule has 2 N–H and O–H groups in total. The minimum Gasteiger partial charge on any atom is -0.391 e. The molecular weight excluding hydrogens is 166 g/mol. The molecule has 1 aliphatic rings. The number of aliphatic hydroxyl groups is 1. The smallest absolute Gasteiger partial charge is 0.0946 e. The van der Waals surface area contributed by atoms with Gasteiger partial charge in [0.25, 0.3) is 0 Å². The number of rotatable bonds is 1. The van der Waals surface area contributed by atoms with Crippen LogP contribution in [0.5, 0.6) is 0 Å². The molecule has 1 saturated heterocycles. The van der Waals surface area contributed by atoms with Crippen LogP contribution in [0.4, 0.5) is 0 Å². The fraction of sp³-hybridized carbons (Fsp3) is 0.667. The molecule has 1 aliphatic heterocycles. The van der Waals surface area contributed by atoms with Crippen LogP contribution in [0.1, 0.15) is 24.6 Å². The van der Waals surface area contributed by atoms with Gasteiger partial charge in [0.1, 0.15) is 0 Å². The number of nitrogens with one attached hydrogen (secondary N) is 1. The summed E-state index contributed by atoms with van der Waals surface area (Å²) >= 11 is 0. The quantitative estimate of drug-likeness (QED) is 0.651. The zero-order valence-electron chi connectivity index (χ0n) is 7.77. The van der Waals surface area contributed by atoms with E-state index in [4.69, 9.17) is 0 Å². The molecule has 4 heteroatoms. The van der Waals surface area contributed by atoms with Crippen molar-refractivity contribution in [1.29, 1.82) is 0 Å². The molecule has 0 aromatic carbocycles. The average Bonchev–Trinajstić information content (AvgIpc) is 2.52. The van der Waals surface area contributed by atoms with Gasteiger partial charge < -0.3 is 15.0 Å². The third-order valence-corrected chi connectivity index (χ3v) is 2.60. The van der Waals surface area contributed by atoms with E-state index < -0.39 is 0 Å². The Bertz CT molecular complexity index is 284. The van der Waals surface area contributed by atoms with E-state index in [1.54, 1.807) is 6.33 Å². The Morgan fingerprint density at radius 1 is 1.69 bits per heavy atom. The minimum atomic E-state index is -0.274. The van der Waals surface area contributed by atoms with Gasteiger partial charge in [-0.1, -0.05) is 0 Å². The Labute approximate surface area is 77.6 Å². The van der Waals surface area contributed by atoms with E-state index >= 15 is 0 Å². The Balaban J connectivity index is 2.19. The minimum absolute atomic E-state index is 0.0567. The molecule has 2 rings (SSSR count). The van der Waals surface area contributed by atoms with E-state index in [0.29, 0.717) is 0 Å². The van der Waals surface area contributed by atoms with Crippen LogP contribution in [0.3, 0.4) is 0 Å². The number of hydrogen-bond donors (Lipinski definition) is 2. The fourth-order valence-corrected chi connectivity index (χ4v) is 1.84. The number of aromatic nitrogens is 2. The number of imidazole rings is 1. The number of nitrogens with zero attached hydrogens (tertiary/aromatic N) is 2. The first-order chi connectivity index (χ1) is 6.29. The van der Waals surface area contributed by atoms with E-state index in [9.17, 15) is 5.11 Å². The molecule has 0 spiro atoms. The lowest BCUT2D eigenvalue weighted by molar-refractivity contribution is 0.0934. The van der Waals surface area contributed by atoms with Gasteiger partial charge in [-0.3, -0.25) is 0 Å². The third kappa shape index (κ3) is 1.59. The number of aryl methyl sites for hydroxylation is 1. The fourth-order valence-electron chi connectivity index (χ4n) is 1.84. The molecule has 4 nitrogen and oxygen atoms in total. The van der Waals surface area contributed by atoms with Crippen molar-refractivity contribution in [2.45, 2.75) is 25.0 Å². The molecule has 0 radical (unpaired) electrons. The summed E-state index contributed by atoms with van der Waals surface area (Å²) in [5.41, 5.74) is 1.06. The van der Waals surface area contributed by atoms with Crippen molar-refractivity contribution in [3.63, 3.8) is 0 Å². The number of aliphatic hydroxyl groups excluding tert-OH is 1. The van der Waals surface area contributed by atoms with E-state index in [2.05, 4.69) is 10.3 Å². The Morgan fingerprint density at radius 3 is 3.15 bits per heavy atom. The highest BCUT2D eigenvalue weighted by molar-refractivity contribution is 5.08. The van der Waals surface area contributed by atoms with Gasteiger partial charge in [0, 0.05) is 13.2 Å².